The summed E-state index contributed by atoms with van der Waals surface area (Å²) in [6, 6.07) is 6.64. The van der Waals surface area contributed by atoms with Crippen LogP contribution < -0.4 is 0 Å². The van der Waals surface area contributed by atoms with E-state index in [2.05, 4.69) is 0 Å². The fourth-order valence-electron chi connectivity index (χ4n) is 2.24. The summed E-state index contributed by atoms with van der Waals surface area (Å²) in [6.07, 6.45) is 1.99. The van der Waals surface area contributed by atoms with Crippen LogP contribution in [0.25, 0.3) is 0 Å². The van der Waals surface area contributed by atoms with E-state index in [1.165, 1.54) is 12.1 Å². The van der Waals surface area contributed by atoms with Gasteiger partial charge in [-0.3, -0.25) is 4.79 Å². The first-order valence-electron chi connectivity index (χ1n) is 5.65. The molecule has 0 aromatic heterocycles. The zero-order chi connectivity index (χ0) is 11.5. The van der Waals surface area contributed by atoms with E-state index in [0.717, 1.165) is 31.5 Å². The maximum Gasteiger partial charge on any atom is 0.219 e. The third-order valence-electron chi connectivity index (χ3n) is 3.17. The molecule has 0 N–H and O–H groups in total. The molecule has 0 radical (unpaired) electrons. The average Bonchev–Trinajstić information content (AvgIpc) is 2.70. The molecule has 1 unspecified atom stereocenters. The van der Waals surface area contributed by atoms with E-state index in [0.29, 0.717) is 5.92 Å². The van der Waals surface area contributed by atoms with E-state index in [9.17, 15) is 9.18 Å². The fourth-order valence-corrected chi connectivity index (χ4v) is 2.24. The van der Waals surface area contributed by atoms with Crippen molar-refractivity contribution >= 4 is 5.91 Å². The van der Waals surface area contributed by atoms with Gasteiger partial charge in [-0.2, -0.15) is 0 Å². The van der Waals surface area contributed by atoms with Crippen molar-refractivity contribution in [3.63, 3.8) is 0 Å². The molecule has 0 saturated carbocycles. The molecular weight excluding hydrogens is 217 g/mol. The molecule has 1 aliphatic rings. The van der Waals surface area contributed by atoms with E-state index in [1.54, 1.807) is 6.92 Å². The Morgan fingerprint density at radius 1 is 1.41 bits per heavy atom. The lowest BCUT2D eigenvalue weighted by molar-refractivity contribution is -0.127. The van der Waals surface area contributed by atoms with E-state index >= 15 is 0 Å². The fraction of sp³-hybridized carbons (Fsp3) is 0.500. The van der Waals surface area contributed by atoms with Crippen LogP contribution in [0.15, 0.2) is 24.3 Å². The maximum atomic E-state index is 12.7. The number of likely N-dealkylation sites (tertiary alicyclic amines) is 1. The minimum atomic E-state index is -0.194. The molecule has 1 saturated heterocycles. The highest BCUT2D eigenvalue weighted by atomic mass is 19.1. The van der Waals surface area contributed by atoms with Gasteiger partial charge in [0.1, 0.15) is 5.82 Å². The van der Waals surface area contributed by atoms with Crippen LogP contribution in [-0.4, -0.2) is 23.9 Å². The highest BCUT2D eigenvalue weighted by Gasteiger charge is 2.23. The Labute approximate surface area is 102 Å². The van der Waals surface area contributed by atoms with Gasteiger partial charge in [0.05, 0.1) is 0 Å². The minimum Gasteiger partial charge on any atom is -0.343 e. The van der Waals surface area contributed by atoms with Crippen LogP contribution in [0.1, 0.15) is 26.3 Å². The number of amides is 1. The summed E-state index contributed by atoms with van der Waals surface area (Å²) in [5.41, 5.74) is 1.15. The Hall–Kier alpha value is -1.38. The van der Waals surface area contributed by atoms with Crippen molar-refractivity contribution in [1.82, 2.24) is 4.90 Å². The van der Waals surface area contributed by atoms with Gasteiger partial charge in [-0.1, -0.05) is 19.6 Å². The number of benzene rings is 1. The predicted octanol–water partition coefficient (Wildman–Crippen LogP) is 2.87. The normalized spacial score (nSPS) is 18.9. The SMILES string of the molecule is C.CC(=O)N1CCC(Cc2ccc(F)cc2)C1. The molecule has 0 bridgehead atoms. The number of carbonyl (C=O) groups excluding carboxylic acids is 1. The Kier molecular flexibility index (Phi) is 4.67. The first-order chi connectivity index (χ1) is 7.65. The molecule has 1 fully saturated rings. The number of carbonyl (C=O) groups is 1. The second kappa shape index (κ2) is 5.80. The number of nitrogens with zero attached hydrogens (tertiary/aromatic N) is 1. The largest absolute Gasteiger partial charge is 0.343 e. The number of hydrogen-bond donors (Lipinski definition) is 0. The Balaban J connectivity index is 0.00000144. The van der Waals surface area contributed by atoms with Crippen LogP contribution in [-0.2, 0) is 11.2 Å². The van der Waals surface area contributed by atoms with Gasteiger partial charge in [0, 0.05) is 20.0 Å². The highest BCUT2D eigenvalue weighted by molar-refractivity contribution is 5.73. The molecular formula is C14H20FNO. The lowest BCUT2D eigenvalue weighted by atomic mass is 9.99. The number of rotatable bonds is 2. The molecule has 1 heterocycles. The van der Waals surface area contributed by atoms with Gasteiger partial charge in [0.25, 0.3) is 0 Å². The molecule has 2 rings (SSSR count). The van der Waals surface area contributed by atoms with Crippen LogP contribution in [0.3, 0.4) is 0 Å². The van der Waals surface area contributed by atoms with Crippen molar-refractivity contribution in [2.75, 3.05) is 13.1 Å². The van der Waals surface area contributed by atoms with Crippen molar-refractivity contribution in [2.45, 2.75) is 27.2 Å². The molecule has 1 atom stereocenters. The zero-order valence-corrected chi connectivity index (χ0v) is 9.45. The van der Waals surface area contributed by atoms with Gasteiger partial charge >= 0.3 is 0 Å². The monoisotopic (exact) mass is 237 g/mol. The molecule has 2 nitrogen and oxygen atoms in total. The van der Waals surface area contributed by atoms with Crippen molar-refractivity contribution < 1.29 is 9.18 Å². The Bertz CT molecular complexity index is 374. The summed E-state index contributed by atoms with van der Waals surface area (Å²) >= 11 is 0. The summed E-state index contributed by atoms with van der Waals surface area (Å²) in [6.45, 7) is 3.31. The minimum absolute atomic E-state index is 0. The first kappa shape index (κ1) is 13.7. The van der Waals surface area contributed by atoms with Crippen LogP contribution >= 0.6 is 0 Å². The molecule has 1 aromatic carbocycles. The second-order valence-electron chi connectivity index (χ2n) is 4.45. The van der Waals surface area contributed by atoms with Crippen molar-refractivity contribution in [3.8, 4) is 0 Å². The highest BCUT2D eigenvalue weighted by Crippen LogP contribution is 2.20. The van der Waals surface area contributed by atoms with E-state index < -0.39 is 0 Å². The van der Waals surface area contributed by atoms with Gasteiger partial charge in [-0.05, 0) is 36.5 Å². The van der Waals surface area contributed by atoms with Gasteiger partial charge in [-0.25, -0.2) is 4.39 Å². The number of halogens is 1. The molecule has 0 aliphatic carbocycles. The topological polar surface area (TPSA) is 20.3 Å². The van der Waals surface area contributed by atoms with E-state index in [-0.39, 0.29) is 19.2 Å². The molecule has 3 heteroatoms. The van der Waals surface area contributed by atoms with Gasteiger partial charge < -0.3 is 4.90 Å². The van der Waals surface area contributed by atoms with Crippen LogP contribution in [0.5, 0.6) is 0 Å². The van der Waals surface area contributed by atoms with Crippen molar-refractivity contribution in [3.05, 3.63) is 35.6 Å². The quantitative estimate of drug-likeness (QED) is 0.774. The third kappa shape index (κ3) is 3.55. The molecule has 17 heavy (non-hydrogen) atoms. The lowest BCUT2D eigenvalue weighted by Crippen LogP contribution is -2.26. The maximum absolute atomic E-state index is 12.7. The van der Waals surface area contributed by atoms with Gasteiger partial charge in [-0.15, -0.1) is 0 Å². The van der Waals surface area contributed by atoms with Crippen LogP contribution in [0, 0.1) is 11.7 Å². The predicted molar refractivity (Wildman–Crippen MR) is 67.2 cm³/mol. The Morgan fingerprint density at radius 3 is 2.59 bits per heavy atom. The van der Waals surface area contributed by atoms with Crippen LogP contribution in [0.2, 0.25) is 0 Å². The second-order valence-corrected chi connectivity index (χ2v) is 4.45. The lowest BCUT2D eigenvalue weighted by Gasteiger charge is -2.13. The summed E-state index contributed by atoms with van der Waals surface area (Å²) < 4.78 is 12.7. The van der Waals surface area contributed by atoms with Crippen molar-refractivity contribution in [2.24, 2.45) is 5.92 Å². The third-order valence-corrected chi connectivity index (χ3v) is 3.17. The molecule has 0 spiro atoms. The van der Waals surface area contributed by atoms with Gasteiger partial charge in [0.15, 0.2) is 0 Å². The molecule has 1 aromatic rings. The molecule has 1 amide bonds. The smallest absolute Gasteiger partial charge is 0.219 e. The first-order valence-corrected chi connectivity index (χ1v) is 5.65. The van der Waals surface area contributed by atoms with Crippen LogP contribution in [0.4, 0.5) is 4.39 Å². The number of hydrogen-bond acceptors (Lipinski definition) is 1. The Morgan fingerprint density at radius 2 is 2.06 bits per heavy atom. The zero-order valence-electron chi connectivity index (χ0n) is 9.45. The summed E-state index contributed by atoms with van der Waals surface area (Å²) in [4.78, 5) is 13.0. The summed E-state index contributed by atoms with van der Waals surface area (Å²) in [5.74, 6) is 0.483. The van der Waals surface area contributed by atoms with E-state index in [1.807, 2.05) is 17.0 Å². The summed E-state index contributed by atoms with van der Waals surface area (Å²) in [5, 5.41) is 0. The average molecular weight is 237 g/mol. The van der Waals surface area contributed by atoms with Crippen molar-refractivity contribution in [1.29, 1.82) is 0 Å². The summed E-state index contributed by atoms with van der Waals surface area (Å²) in [7, 11) is 0. The van der Waals surface area contributed by atoms with Gasteiger partial charge in [0.2, 0.25) is 5.91 Å². The molecule has 1 aliphatic heterocycles. The van der Waals surface area contributed by atoms with E-state index in [4.69, 9.17) is 0 Å². The standard InChI is InChI=1S/C13H16FNO.CH4/c1-10(16)15-7-6-12(9-15)8-11-2-4-13(14)5-3-11;/h2-5,12H,6-9H2,1H3;1H4. The molecule has 94 valence electrons.